The van der Waals surface area contributed by atoms with Crippen molar-refractivity contribution in [1.29, 1.82) is 0 Å². The highest BCUT2D eigenvalue weighted by Crippen LogP contribution is 2.49. The fourth-order valence-electron chi connectivity index (χ4n) is 5.26. The van der Waals surface area contributed by atoms with Crippen molar-refractivity contribution in [3.8, 4) is 16.9 Å². The summed E-state index contributed by atoms with van der Waals surface area (Å²) in [6.07, 6.45) is 6.32. The van der Waals surface area contributed by atoms with Gasteiger partial charge >= 0.3 is 0 Å². The lowest BCUT2D eigenvalue weighted by atomic mass is 9.62. The van der Waals surface area contributed by atoms with Gasteiger partial charge in [-0.25, -0.2) is 4.98 Å². The Morgan fingerprint density at radius 1 is 1.12 bits per heavy atom. The number of benzene rings is 2. The van der Waals surface area contributed by atoms with Crippen molar-refractivity contribution in [2.24, 2.45) is 5.73 Å². The van der Waals surface area contributed by atoms with E-state index in [-0.39, 0.29) is 16.7 Å². The van der Waals surface area contributed by atoms with Crippen LogP contribution in [0.5, 0.6) is 0 Å². The number of nitrogens with two attached hydrogens (primary N) is 1. The molecule has 1 saturated carbocycles. The molecule has 2 aliphatic rings. The molecule has 5 nitrogen and oxygen atoms in total. The Morgan fingerprint density at radius 2 is 1.91 bits per heavy atom. The van der Waals surface area contributed by atoms with Gasteiger partial charge in [0.05, 0.1) is 22.7 Å². The minimum atomic E-state index is -0.438. The number of thioether (sulfide) groups is 1. The van der Waals surface area contributed by atoms with Gasteiger partial charge in [0.15, 0.2) is 5.16 Å². The van der Waals surface area contributed by atoms with Crippen molar-refractivity contribution in [2.75, 3.05) is 5.75 Å². The standard InChI is InChI=1S/C25H24BrN3O2S/c26-17-8-6-9-18(13-17)29-23(31)21-22(28-24(29)32-15-20(27)30)19-10-3-2-7-16(19)14-25(21)11-4-1-5-12-25/h2-3,6-10,13H,1,4-5,11-12,14-15H2,(H2,27,30). The number of carbonyl (C=O) groups is 1. The molecule has 1 aromatic heterocycles. The number of aromatic nitrogens is 2. The Bertz CT molecular complexity index is 1260. The summed E-state index contributed by atoms with van der Waals surface area (Å²) in [4.78, 5) is 30.9. The molecule has 3 aromatic rings. The minimum absolute atomic E-state index is 0.0310. The maximum atomic E-state index is 14.3. The van der Waals surface area contributed by atoms with Crippen molar-refractivity contribution < 1.29 is 4.79 Å². The average Bonchev–Trinajstić information content (AvgIpc) is 2.78. The summed E-state index contributed by atoms with van der Waals surface area (Å²) in [5.41, 5.74) is 9.83. The third kappa shape index (κ3) is 3.71. The highest BCUT2D eigenvalue weighted by Gasteiger charge is 2.43. The van der Waals surface area contributed by atoms with Crippen LogP contribution in [0.15, 0.2) is 63.0 Å². The van der Waals surface area contributed by atoms with E-state index in [4.69, 9.17) is 10.7 Å². The highest BCUT2D eigenvalue weighted by molar-refractivity contribution is 9.10. The average molecular weight is 510 g/mol. The van der Waals surface area contributed by atoms with E-state index in [2.05, 4.69) is 34.1 Å². The van der Waals surface area contributed by atoms with Gasteiger partial charge in [0.1, 0.15) is 0 Å². The van der Waals surface area contributed by atoms with Crippen LogP contribution in [0.4, 0.5) is 0 Å². The third-order valence-corrected chi connectivity index (χ3v) is 8.06. The molecule has 1 fully saturated rings. The number of carbonyl (C=O) groups excluding carboxylic acids is 1. The zero-order valence-electron chi connectivity index (χ0n) is 17.6. The van der Waals surface area contributed by atoms with Crippen LogP contribution in [0.25, 0.3) is 16.9 Å². The quantitative estimate of drug-likeness (QED) is 0.396. The van der Waals surface area contributed by atoms with Crippen LogP contribution < -0.4 is 11.3 Å². The molecule has 1 heterocycles. The maximum absolute atomic E-state index is 14.3. The summed E-state index contributed by atoms with van der Waals surface area (Å²) in [7, 11) is 0. The number of primary amides is 1. The Morgan fingerprint density at radius 3 is 2.66 bits per heavy atom. The lowest BCUT2D eigenvalue weighted by Gasteiger charge is -2.42. The molecule has 0 aliphatic heterocycles. The molecule has 32 heavy (non-hydrogen) atoms. The Kier molecular flexibility index (Phi) is 5.72. The summed E-state index contributed by atoms with van der Waals surface area (Å²) in [5, 5.41) is 0.494. The fourth-order valence-corrected chi connectivity index (χ4v) is 6.40. The first-order valence-electron chi connectivity index (χ1n) is 10.9. The van der Waals surface area contributed by atoms with E-state index in [1.807, 2.05) is 30.3 Å². The van der Waals surface area contributed by atoms with Crippen molar-refractivity contribution in [2.45, 2.75) is 49.1 Å². The second-order valence-corrected chi connectivity index (χ2v) is 10.5. The largest absolute Gasteiger partial charge is 0.369 e. The lowest BCUT2D eigenvalue weighted by molar-refractivity contribution is -0.115. The van der Waals surface area contributed by atoms with Crippen LogP contribution in [0, 0.1) is 0 Å². The summed E-state index contributed by atoms with van der Waals surface area (Å²) >= 11 is 4.74. The van der Waals surface area contributed by atoms with Gasteiger partial charge in [0, 0.05) is 15.5 Å². The molecule has 2 aromatic carbocycles. The lowest BCUT2D eigenvalue weighted by Crippen LogP contribution is -2.43. The monoisotopic (exact) mass is 509 g/mol. The molecule has 2 N–H and O–H groups in total. The summed E-state index contributed by atoms with van der Waals surface area (Å²) in [6.45, 7) is 0. The van der Waals surface area contributed by atoms with Crippen LogP contribution in [-0.2, 0) is 16.6 Å². The highest BCUT2D eigenvalue weighted by atomic mass is 79.9. The third-order valence-electron chi connectivity index (χ3n) is 6.60. The topological polar surface area (TPSA) is 78.0 Å². The van der Waals surface area contributed by atoms with Crippen molar-refractivity contribution in [1.82, 2.24) is 9.55 Å². The van der Waals surface area contributed by atoms with Gasteiger partial charge in [-0.1, -0.05) is 77.3 Å². The number of hydrogen-bond donors (Lipinski definition) is 1. The van der Waals surface area contributed by atoms with Crippen LogP contribution >= 0.6 is 27.7 Å². The van der Waals surface area contributed by atoms with E-state index < -0.39 is 5.91 Å². The number of halogens is 1. The summed E-state index contributed by atoms with van der Waals surface area (Å²) in [6, 6.07) is 15.9. The van der Waals surface area contributed by atoms with Gasteiger partial charge in [-0.2, -0.15) is 0 Å². The fraction of sp³-hybridized carbons (Fsp3) is 0.320. The Balaban J connectivity index is 1.82. The molecular weight excluding hydrogens is 486 g/mol. The smallest absolute Gasteiger partial charge is 0.263 e. The molecule has 2 aliphatic carbocycles. The Hall–Kier alpha value is -2.38. The van der Waals surface area contributed by atoms with E-state index in [1.165, 1.54) is 23.7 Å². The maximum Gasteiger partial charge on any atom is 0.263 e. The van der Waals surface area contributed by atoms with E-state index >= 15 is 0 Å². The zero-order chi connectivity index (χ0) is 22.3. The number of fused-ring (bicyclic) bond motifs is 4. The second-order valence-electron chi connectivity index (χ2n) is 8.67. The first-order chi connectivity index (χ1) is 15.5. The van der Waals surface area contributed by atoms with Gasteiger partial charge in [0.25, 0.3) is 5.56 Å². The van der Waals surface area contributed by atoms with E-state index in [1.54, 1.807) is 4.57 Å². The van der Waals surface area contributed by atoms with Gasteiger partial charge in [-0.05, 0) is 43.0 Å². The van der Waals surface area contributed by atoms with Crippen molar-refractivity contribution >= 4 is 33.6 Å². The number of rotatable bonds is 4. The van der Waals surface area contributed by atoms with Crippen LogP contribution in [0.2, 0.25) is 0 Å². The molecule has 0 unspecified atom stereocenters. The first kappa shape index (κ1) is 21.5. The molecule has 164 valence electrons. The van der Waals surface area contributed by atoms with E-state index in [0.29, 0.717) is 5.16 Å². The van der Waals surface area contributed by atoms with Crippen molar-refractivity contribution in [3.63, 3.8) is 0 Å². The van der Waals surface area contributed by atoms with Crippen molar-refractivity contribution in [3.05, 3.63) is 74.5 Å². The molecule has 5 rings (SSSR count). The predicted octanol–water partition coefficient (Wildman–Crippen LogP) is 5.00. The van der Waals surface area contributed by atoms with E-state index in [9.17, 15) is 9.59 Å². The van der Waals surface area contributed by atoms with Gasteiger partial charge in [-0.15, -0.1) is 0 Å². The zero-order valence-corrected chi connectivity index (χ0v) is 20.0. The Labute approximate surface area is 199 Å². The SMILES string of the molecule is NC(=O)CSc1nc2c(c(=O)n1-c1cccc(Br)c1)C1(CCCCC1)Cc1ccccc1-2. The van der Waals surface area contributed by atoms with Crippen LogP contribution in [0.3, 0.4) is 0 Å². The van der Waals surface area contributed by atoms with Gasteiger partial charge in [0.2, 0.25) is 5.91 Å². The number of amides is 1. The molecule has 0 bridgehead atoms. The normalized spacial score (nSPS) is 16.4. The number of nitrogens with zero attached hydrogens (tertiary/aromatic N) is 2. The second kappa shape index (κ2) is 8.52. The molecule has 7 heteroatoms. The van der Waals surface area contributed by atoms with E-state index in [0.717, 1.165) is 59.1 Å². The summed E-state index contributed by atoms with van der Waals surface area (Å²) < 4.78 is 2.55. The molecular formula is C25H24BrN3O2S. The molecule has 0 radical (unpaired) electrons. The van der Waals surface area contributed by atoms with Gasteiger partial charge < -0.3 is 5.73 Å². The van der Waals surface area contributed by atoms with Gasteiger partial charge in [-0.3, -0.25) is 14.2 Å². The minimum Gasteiger partial charge on any atom is -0.369 e. The summed E-state index contributed by atoms with van der Waals surface area (Å²) in [5.74, 6) is -0.377. The molecule has 1 spiro atoms. The number of hydrogen-bond acceptors (Lipinski definition) is 4. The predicted molar refractivity (Wildman–Crippen MR) is 131 cm³/mol. The van der Waals surface area contributed by atoms with Crippen LogP contribution in [0.1, 0.15) is 43.2 Å². The molecule has 1 amide bonds. The molecule has 0 saturated heterocycles. The van der Waals surface area contributed by atoms with Crippen LogP contribution in [-0.4, -0.2) is 21.2 Å². The first-order valence-corrected chi connectivity index (χ1v) is 12.7. The molecule has 0 atom stereocenters.